The largest absolute Gasteiger partial charge is 0.273 e. The minimum absolute atomic E-state index is 0.115. The molecule has 3 rings (SSSR count). The van der Waals surface area contributed by atoms with Crippen molar-refractivity contribution >= 4 is 24.1 Å². The molecule has 0 bridgehead atoms. The van der Waals surface area contributed by atoms with Gasteiger partial charge in [0.25, 0.3) is 5.69 Å². The summed E-state index contributed by atoms with van der Waals surface area (Å²) in [5, 5.41) is 22.3. The van der Waals surface area contributed by atoms with Crippen molar-refractivity contribution in [3.63, 3.8) is 0 Å². The number of hydrogen-bond donors (Lipinski definition) is 1. The summed E-state index contributed by atoms with van der Waals surface area (Å²) in [6, 6.07) is 5.11. The maximum atomic E-state index is 11.1. The van der Waals surface area contributed by atoms with Gasteiger partial charge in [0, 0.05) is 23.1 Å². The lowest BCUT2D eigenvalue weighted by atomic mass is 10.1. The average Bonchev–Trinajstić information content (AvgIpc) is 3.29. The number of H-pyrrole nitrogens is 1. The first-order valence-electron chi connectivity index (χ1n) is 7.09. The van der Waals surface area contributed by atoms with E-state index < -0.39 is 0 Å². The number of nitro benzene ring substituents is 1. The van der Waals surface area contributed by atoms with Crippen LogP contribution in [-0.4, -0.2) is 26.0 Å². The Kier molecular flexibility index (Phi) is 3.84. The number of nitrogens with one attached hydrogen (secondary N) is 1. The van der Waals surface area contributed by atoms with Crippen molar-refractivity contribution < 1.29 is 4.92 Å². The number of aromatic nitrogens is 3. The Bertz CT molecular complexity index is 804. The fourth-order valence-corrected chi connectivity index (χ4v) is 2.46. The van der Waals surface area contributed by atoms with Crippen molar-refractivity contribution in [1.82, 2.24) is 14.9 Å². The number of aromatic amines is 1. The van der Waals surface area contributed by atoms with Crippen molar-refractivity contribution in [1.29, 1.82) is 0 Å². The van der Waals surface area contributed by atoms with Crippen LogP contribution in [0.25, 0.3) is 0 Å². The second-order valence-electron chi connectivity index (χ2n) is 5.22. The van der Waals surface area contributed by atoms with Crippen LogP contribution in [0.4, 0.5) is 5.69 Å². The summed E-state index contributed by atoms with van der Waals surface area (Å²) >= 11 is 5.17. The molecule has 1 aromatic heterocycles. The topological polar surface area (TPSA) is 89.1 Å². The third-order valence-corrected chi connectivity index (χ3v) is 3.89. The van der Waals surface area contributed by atoms with E-state index in [1.807, 2.05) is 13.0 Å². The van der Waals surface area contributed by atoms with Gasteiger partial charge in [0.15, 0.2) is 5.82 Å². The first-order chi connectivity index (χ1) is 10.6. The molecule has 22 heavy (non-hydrogen) atoms. The van der Waals surface area contributed by atoms with E-state index in [1.165, 1.54) is 6.07 Å². The number of rotatable bonds is 5. The van der Waals surface area contributed by atoms with Gasteiger partial charge in [0.2, 0.25) is 4.77 Å². The SMILES string of the molecule is CCc1ccc(/C=N\n2c(C3CC3)n[nH]c2=S)cc1[N+](=O)[O-]. The lowest BCUT2D eigenvalue weighted by Gasteiger charge is -2.01. The molecule has 1 fully saturated rings. The van der Waals surface area contributed by atoms with Gasteiger partial charge in [-0.05, 0) is 31.5 Å². The number of hydrogen-bond acceptors (Lipinski definition) is 5. The zero-order chi connectivity index (χ0) is 15.7. The lowest BCUT2D eigenvalue weighted by molar-refractivity contribution is -0.385. The second-order valence-corrected chi connectivity index (χ2v) is 5.60. The van der Waals surface area contributed by atoms with Gasteiger partial charge in [-0.2, -0.15) is 14.9 Å². The van der Waals surface area contributed by atoms with E-state index in [-0.39, 0.29) is 10.6 Å². The summed E-state index contributed by atoms with van der Waals surface area (Å²) in [5.41, 5.74) is 1.49. The monoisotopic (exact) mass is 317 g/mol. The molecule has 114 valence electrons. The predicted molar refractivity (Wildman–Crippen MR) is 84.9 cm³/mol. The van der Waals surface area contributed by atoms with Gasteiger partial charge in [0.05, 0.1) is 11.1 Å². The molecule has 8 heteroatoms. The maximum absolute atomic E-state index is 11.1. The summed E-state index contributed by atoms with van der Waals surface area (Å²) in [4.78, 5) is 10.7. The quantitative estimate of drug-likeness (QED) is 0.397. The highest BCUT2D eigenvalue weighted by molar-refractivity contribution is 7.71. The van der Waals surface area contributed by atoms with E-state index in [4.69, 9.17) is 12.2 Å². The summed E-state index contributed by atoms with van der Waals surface area (Å²) in [6.45, 7) is 1.89. The molecule has 1 aliphatic carbocycles. The summed E-state index contributed by atoms with van der Waals surface area (Å²) in [6.07, 6.45) is 4.37. The van der Waals surface area contributed by atoms with Gasteiger partial charge in [-0.1, -0.05) is 19.1 Å². The molecule has 7 nitrogen and oxygen atoms in total. The van der Waals surface area contributed by atoms with Crippen molar-refractivity contribution in [2.24, 2.45) is 5.10 Å². The number of aryl methyl sites for hydroxylation is 1. The molecule has 1 aromatic carbocycles. The number of nitro groups is 1. The van der Waals surface area contributed by atoms with Crippen molar-refractivity contribution in [2.75, 3.05) is 0 Å². The summed E-state index contributed by atoms with van der Waals surface area (Å²) in [5.74, 6) is 1.22. The van der Waals surface area contributed by atoms with Crippen LogP contribution in [0.1, 0.15) is 42.6 Å². The zero-order valence-electron chi connectivity index (χ0n) is 12.0. The minimum atomic E-state index is -0.366. The smallest absolute Gasteiger partial charge is 0.258 e. The third kappa shape index (κ3) is 2.82. The van der Waals surface area contributed by atoms with E-state index in [1.54, 1.807) is 17.0 Å². The van der Waals surface area contributed by atoms with E-state index in [0.29, 0.717) is 28.2 Å². The fourth-order valence-electron chi connectivity index (χ4n) is 2.28. The molecule has 0 atom stereocenters. The van der Waals surface area contributed by atoms with Crippen molar-refractivity contribution in [2.45, 2.75) is 32.1 Å². The Hall–Kier alpha value is -2.35. The van der Waals surface area contributed by atoms with E-state index in [2.05, 4.69) is 15.3 Å². The van der Waals surface area contributed by atoms with Gasteiger partial charge in [-0.3, -0.25) is 15.2 Å². The van der Waals surface area contributed by atoms with Crippen molar-refractivity contribution in [3.8, 4) is 0 Å². The lowest BCUT2D eigenvalue weighted by Crippen LogP contribution is -1.99. The van der Waals surface area contributed by atoms with E-state index in [9.17, 15) is 10.1 Å². The second kappa shape index (κ2) is 5.80. The molecule has 1 aliphatic rings. The molecule has 1 N–H and O–H groups in total. The van der Waals surface area contributed by atoms with Crippen molar-refractivity contribution in [3.05, 3.63) is 50.0 Å². The van der Waals surface area contributed by atoms with Crippen LogP contribution in [0.5, 0.6) is 0 Å². The highest BCUT2D eigenvalue weighted by atomic mass is 32.1. The number of benzene rings is 1. The van der Waals surface area contributed by atoms with Crippen LogP contribution >= 0.6 is 12.2 Å². The highest BCUT2D eigenvalue weighted by Crippen LogP contribution is 2.38. The van der Waals surface area contributed by atoms with Crippen LogP contribution in [-0.2, 0) is 6.42 Å². The van der Waals surface area contributed by atoms with E-state index in [0.717, 1.165) is 18.7 Å². The van der Waals surface area contributed by atoms with E-state index >= 15 is 0 Å². The van der Waals surface area contributed by atoms with Crippen LogP contribution in [0.15, 0.2) is 23.3 Å². The van der Waals surface area contributed by atoms with Crippen LogP contribution in [0.3, 0.4) is 0 Å². The molecule has 2 aromatic rings. The minimum Gasteiger partial charge on any atom is -0.258 e. The molecule has 0 spiro atoms. The van der Waals surface area contributed by atoms with Gasteiger partial charge >= 0.3 is 0 Å². The highest BCUT2D eigenvalue weighted by Gasteiger charge is 2.29. The molecule has 0 aliphatic heterocycles. The van der Waals surface area contributed by atoms with Gasteiger partial charge < -0.3 is 0 Å². The predicted octanol–water partition coefficient (Wildman–Crippen LogP) is 3.17. The normalized spacial score (nSPS) is 14.6. The Morgan fingerprint density at radius 1 is 1.59 bits per heavy atom. The zero-order valence-corrected chi connectivity index (χ0v) is 12.8. The molecule has 0 saturated heterocycles. The van der Waals surface area contributed by atoms with Crippen LogP contribution in [0, 0.1) is 14.9 Å². The fraction of sp³-hybridized carbons (Fsp3) is 0.357. The molecular weight excluding hydrogens is 302 g/mol. The summed E-state index contributed by atoms with van der Waals surface area (Å²) in [7, 11) is 0. The van der Waals surface area contributed by atoms with Gasteiger partial charge in [0.1, 0.15) is 0 Å². The van der Waals surface area contributed by atoms with Crippen LogP contribution in [0.2, 0.25) is 0 Å². The maximum Gasteiger partial charge on any atom is 0.273 e. The molecule has 0 unspecified atom stereocenters. The Morgan fingerprint density at radius 2 is 2.36 bits per heavy atom. The molecular formula is C14H15N5O2S. The number of nitrogens with zero attached hydrogens (tertiary/aromatic N) is 4. The molecule has 1 saturated carbocycles. The average molecular weight is 317 g/mol. The summed E-state index contributed by atoms with van der Waals surface area (Å²) < 4.78 is 2.02. The Morgan fingerprint density at radius 3 is 3.00 bits per heavy atom. The molecule has 0 amide bonds. The van der Waals surface area contributed by atoms with Gasteiger partial charge in [-0.15, -0.1) is 0 Å². The Labute approximate surface area is 131 Å². The van der Waals surface area contributed by atoms with Crippen LogP contribution < -0.4 is 0 Å². The first kappa shape index (κ1) is 14.6. The van der Waals surface area contributed by atoms with Gasteiger partial charge in [-0.25, -0.2) is 0 Å². The Balaban J connectivity index is 1.93. The molecule has 0 radical (unpaired) electrons. The molecule has 1 heterocycles. The standard InChI is InChI=1S/C14H15N5O2S/c1-2-10-4-3-9(7-12(10)19(20)21)8-15-18-13(11-5-6-11)16-17-14(18)22/h3-4,7-8,11H,2,5-6H2,1H3,(H,17,22)/b15-8-. The third-order valence-electron chi connectivity index (χ3n) is 3.63. The first-order valence-corrected chi connectivity index (χ1v) is 7.50.